The quantitative estimate of drug-likeness (QED) is 0.251. The third-order valence-corrected chi connectivity index (χ3v) is 5.54. The van der Waals surface area contributed by atoms with Gasteiger partial charge in [-0.15, -0.1) is 0 Å². The summed E-state index contributed by atoms with van der Waals surface area (Å²) in [6, 6.07) is -13.6. The molecule has 0 aliphatic carbocycles. The standard InChI is InChI=1S/C30H18ClNO/c31-24-18-17-22(30-29(24)23-12-4-8-16-28(23)33-30)21-11-3-7-15-27(21)32-25-13-5-1-9-19(25)20-10-2-6-14-26(20)32/h1-18H/i1D,2D,3D,4D,5D,6D,7D,8D,9D,10D,11D,12D,13D,14D,15D,16D,17D,18D. The summed E-state index contributed by atoms with van der Waals surface area (Å²) in [6.07, 6.45) is 0. The third-order valence-electron chi connectivity index (χ3n) is 5.25. The first kappa shape index (κ1) is 8.09. The highest BCUT2D eigenvalue weighted by Crippen LogP contribution is 2.42. The Bertz CT molecular complexity index is 2730. The summed E-state index contributed by atoms with van der Waals surface area (Å²) in [7, 11) is 0. The summed E-state index contributed by atoms with van der Waals surface area (Å²) in [6.45, 7) is 0. The number of benzene rings is 5. The fourth-order valence-electron chi connectivity index (χ4n) is 3.92. The lowest BCUT2D eigenvalue weighted by Crippen LogP contribution is -1.97. The molecule has 0 saturated heterocycles. The molecule has 0 radical (unpaired) electrons. The molecule has 0 fully saturated rings. The number of hydrogen-bond acceptors (Lipinski definition) is 1. The van der Waals surface area contributed by atoms with E-state index in [2.05, 4.69) is 0 Å². The number of aromatic nitrogens is 1. The van der Waals surface area contributed by atoms with Gasteiger partial charge in [0.2, 0.25) is 0 Å². The molecule has 156 valence electrons. The lowest BCUT2D eigenvalue weighted by molar-refractivity contribution is 0.670. The van der Waals surface area contributed by atoms with Crippen LogP contribution >= 0.6 is 11.6 Å². The van der Waals surface area contributed by atoms with Gasteiger partial charge in [-0.3, -0.25) is 0 Å². The van der Waals surface area contributed by atoms with Gasteiger partial charge in [0.1, 0.15) is 11.2 Å². The van der Waals surface area contributed by atoms with Crippen LogP contribution in [0.1, 0.15) is 24.7 Å². The van der Waals surface area contributed by atoms with E-state index in [-0.39, 0.29) is 21.5 Å². The number of fused-ring (bicyclic) bond motifs is 6. The van der Waals surface area contributed by atoms with Gasteiger partial charge >= 0.3 is 0 Å². The van der Waals surface area contributed by atoms with E-state index in [9.17, 15) is 0 Å². The average Bonchev–Trinajstić information content (AvgIpc) is 3.67. The molecule has 0 aliphatic heterocycles. The van der Waals surface area contributed by atoms with Crippen LogP contribution in [0.4, 0.5) is 0 Å². The molecule has 7 aromatic rings. The Morgan fingerprint density at radius 3 is 1.97 bits per heavy atom. The second-order valence-corrected chi connectivity index (χ2v) is 7.33. The molecule has 0 bridgehead atoms. The molecule has 7 rings (SSSR count). The predicted molar refractivity (Wildman–Crippen MR) is 139 cm³/mol. The molecule has 0 aliphatic rings. The van der Waals surface area contributed by atoms with E-state index in [1.165, 1.54) is 0 Å². The van der Waals surface area contributed by atoms with Crippen LogP contribution in [-0.4, -0.2) is 4.57 Å². The third kappa shape index (κ3) is 2.62. The number of rotatable bonds is 2. The van der Waals surface area contributed by atoms with Crippen molar-refractivity contribution in [1.82, 2.24) is 4.57 Å². The maximum atomic E-state index is 9.13. The van der Waals surface area contributed by atoms with Crippen molar-refractivity contribution < 1.29 is 29.1 Å². The summed E-state index contributed by atoms with van der Waals surface area (Å²) in [5.41, 5.74) is -3.69. The molecule has 0 N–H and O–H groups in total. The number of nitrogens with zero attached hydrogens (tertiary/aromatic N) is 1. The Morgan fingerprint density at radius 1 is 0.606 bits per heavy atom. The van der Waals surface area contributed by atoms with Crippen molar-refractivity contribution in [2.24, 2.45) is 0 Å². The van der Waals surface area contributed by atoms with E-state index in [0.717, 1.165) is 4.57 Å². The average molecular weight is 462 g/mol. The van der Waals surface area contributed by atoms with Crippen LogP contribution in [0, 0.1) is 0 Å². The number of halogens is 1. The maximum Gasteiger partial charge on any atom is 0.144 e. The maximum absolute atomic E-state index is 9.13. The molecule has 0 saturated carbocycles. The highest BCUT2D eigenvalue weighted by atomic mass is 35.5. The molecule has 2 heterocycles. The van der Waals surface area contributed by atoms with Gasteiger partial charge in [-0.05, 0) is 36.3 Å². The molecule has 33 heavy (non-hydrogen) atoms. The van der Waals surface area contributed by atoms with Crippen LogP contribution in [0.15, 0.2) is 113 Å². The first-order valence-electron chi connectivity index (χ1n) is 18.5. The SMILES string of the molecule is [2H]c1c([2H])c([2H])c(-n2c3c([2H])c([2H])c([2H])c([2H])c3c3c([2H])c([2H])c([2H])c([2H])c32)c(-c2c([2H])c([2H])c(Cl)c3c2oc2c([2H])c([2H])c([2H])c([2H])c23)c1[2H]. The van der Waals surface area contributed by atoms with Gasteiger partial charge in [-0.1, -0.05) is 84.1 Å². The molecule has 3 heteroatoms. The van der Waals surface area contributed by atoms with Crippen LogP contribution < -0.4 is 0 Å². The molecule has 2 nitrogen and oxygen atoms in total. The Kier molecular flexibility index (Phi) is 1.71. The lowest BCUT2D eigenvalue weighted by atomic mass is 10.0. The summed E-state index contributed by atoms with van der Waals surface area (Å²) < 4.78 is 162. The highest BCUT2D eigenvalue weighted by Gasteiger charge is 2.19. The molecule has 0 unspecified atom stereocenters. The van der Waals surface area contributed by atoms with Crippen LogP contribution in [0.25, 0.3) is 60.6 Å². The summed E-state index contributed by atoms with van der Waals surface area (Å²) in [5, 5.41) is -1.80. The lowest BCUT2D eigenvalue weighted by Gasteiger charge is -2.14. The van der Waals surface area contributed by atoms with Crippen molar-refractivity contribution in [2.45, 2.75) is 0 Å². The highest BCUT2D eigenvalue weighted by molar-refractivity contribution is 6.38. The van der Waals surface area contributed by atoms with Crippen molar-refractivity contribution >= 4 is 55.3 Å². The van der Waals surface area contributed by atoms with Crippen molar-refractivity contribution in [3.8, 4) is 16.8 Å². The zero-order chi connectivity index (χ0) is 37.6. The van der Waals surface area contributed by atoms with E-state index >= 15 is 0 Å². The van der Waals surface area contributed by atoms with Crippen molar-refractivity contribution in [3.05, 3.63) is 114 Å². The minimum Gasteiger partial charge on any atom is -0.455 e. The minimum atomic E-state index is -0.876. The monoisotopic (exact) mass is 461 g/mol. The van der Waals surface area contributed by atoms with Crippen molar-refractivity contribution in [1.29, 1.82) is 0 Å². The van der Waals surface area contributed by atoms with Crippen LogP contribution in [-0.2, 0) is 0 Å². The van der Waals surface area contributed by atoms with Gasteiger partial charge < -0.3 is 8.98 Å². The van der Waals surface area contributed by atoms with E-state index in [0.29, 0.717) is 0 Å². The van der Waals surface area contributed by atoms with Gasteiger partial charge in [0.05, 0.1) is 46.4 Å². The molecular formula is C30H18ClNO. The number of para-hydroxylation sites is 4. The van der Waals surface area contributed by atoms with Gasteiger partial charge in [0.25, 0.3) is 0 Å². The van der Waals surface area contributed by atoms with Crippen LogP contribution in [0.5, 0.6) is 0 Å². The summed E-state index contributed by atoms with van der Waals surface area (Å²) in [5.74, 6) is 0. The zero-order valence-electron chi connectivity index (χ0n) is 34.2. The number of hydrogen-bond donors (Lipinski definition) is 0. The van der Waals surface area contributed by atoms with E-state index in [1.54, 1.807) is 0 Å². The van der Waals surface area contributed by atoms with E-state index in [1.807, 2.05) is 0 Å². The van der Waals surface area contributed by atoms with Crippen molar-refractivity contribution in [3.63, 3.8) is 0 Å². The fourth-order valence-corrected chi connectivity index (χ4v) is 4.14. The second-order valence-electron chi connectivity index (χ2n) is 6.96. The van der Waals surface area contributed by atoms with Gasteiger partial charge in [-0.2, -0.15) is 0 Å². The zero-order valence-corrected chi connectivity index (χ0v) is 17.0. The normalized spacial score (nSPS) is 19.4. The van der Waals surface area contributed by atoms with Gasteiger partial charge in [-0.25, -0.2) is 0 Å². The Hall–Kier alpha value is -4.01. The summed E-state index contributed by atoms with van der Waals surface area (Å²) >= 11 is 6.55. The van der Waals surface area contributed by atoms with Crippen LogP contribution in [0.3, 0.4) is 0 Å². The molecule has 0 spiro atoms. The largest absolute Gasteiger partial charge is 0.455 e. The van der Waals surface area contributed by atoms with Gasteiger partial charge in [0, 0.05) is 32.7 Å². The number of furan rings is 1. The fraction of sp³-hybridized carbons (Fsp3) is 0. The Balaban J connectivity index is 1.85. The van der Waals surface area contributed by atoms with Gasteiger partial charge in [0.15, 0.2) is 0 Å². The van der Waals surface area contributed by atoms with E-state index in [4.69, 9.17) is 40.7 Å². The van der Waals surface area contributed by atoms with Crippen LogP contribution in [0.2, 0.25) is 5.02 Å². The summed E-state index contributed by atoms with van der Waals surface area (Å²) in [4.78, 5) is 0. The second kappa shape index (κ2) is 6.99. The topological polar surface area (TPSA) is 18.1 Å². The minimum absolute atomic E-state index is 0.279. The molecule has 0 amide bonds. The molecule has 0 atom stereocenters. The Morgan fingerprint density at radius 2 is 1.21 bits per heavy atom. The first-order chi connectivity index (χ1) is 23.8. The van der Waals surface area contributed by atoms with E-state index < -0.39 is 153 Å². The van der Waals surface area contributed by atoms with Crippen molar-refractivity contribution in [2.75, 3.05) is 0 Å². The predicted octanol–water partition coefficient (Wildman–Crippen LogP) is 9.00. The Labute approximate surface area is 220 Å². The molecule has 2 aromatic heterocycles. The molecule has 5 aromatic carbocycles. The smallest absolute Gasteiger partial charge is 0.144 e. The first-order valence-corrected chi connectivity index (χ1v) is 9.90. The molecular weight excluding hydrogens is 426 g/mol.